The van der Waals surface area contributed by atoms with Crippen molar-refractivity contribution in [1.29, 1.82) is 0 Å². The van der Waals surface area contributed by atoms with Gasteiger partial charge in [-0.2, -0.15) is 0 Å². The van der Waals surface area contributed by atoms with E-state index in [1.165, 1.54) is 19.3 Å². The Balaban J connectivity index is 2.75. The molecular weight excluding hydrogens is 336 g/mol. The Morgan fingerprint density at radius 2 is 1.82 bits per heavy atom. The van der Waals surface area contributed by atoms with Crippen molar-refractivity contribution in [3.05, 3.63) is 39.7 Å². The van der Waals surface area contributed by atoms with E-state index in [0.717, 1.165) is 0 Å². The van der Waals surface area contributed by atoms with E-state index in [0.29, 0.717) is 0 Å². The Morgan fingerprint density at radius 3 is 2.35 bits per heavy atom. The number of rotatable bonds is 6. The van der Waals surface area contributed by atoms with E-state index >= 15 is 0 Å². The third-order valence-corrected chi connectivity index (χ3v) is 12.8. The summed E-state index contributed by atoms with van der Waals surface area (Å²) >= 11 is -0.120. The van der Waals surface area contributed by atoms with Crippen molar-refractivity contribution < 1.29 is 0 Å². The molecule has 0 radical (unpaired) electrons. The van der Waals surface area contributed by atoms with Crippen molar-refractivity contribution in [1.82, 2.24) is 0 Å². The summed E-state index contributed by atoms with van der Waals surface area (Å²) in [6, 6.07) is 11.1. The second kappa shape index (κ2) is 7.41. The normalized spacial score (nSPS) is 12.8. The van der Waals surface area contributed by atoms with E-state index < -0.39 is 8.07 Å². The summed E-state index contributed by atoms with van der Waals surface area (Å²) in [5, 5.41) is 0. The predicted molar refractivity (Wildman–Crippen MR) is 82.8 cm³/mol. The van der Waals surface area contributed by atoms with Gasteiger partial charge in [0.25, 0.3) is 0 Å². The van der Waals surface area contributed by atoms with Gasteiger partial charge in [-0.1, -0.05) is 0 Å². The summed E-state index contributed by atoms with van der Waals surface area (Å²) in [6.45, 7) is 9.73. The van der Waals surface area contributed by atoms with E-state index in [2.05, 4.69) is 63.0 Å². The van der Waals surface area contributed by atoms with Crippen LogP contribution in [0.5, 0.6) is 0 Å². The molecule has 94 valence electrons. The molecule has 0 saturated heterocycles. The molecule has 1 aromatic carbocycles. The molecular formula is C15H24SiTe. The summed E-state index contributed by atoms with van der Waals surface area (Å²) in [5.74, 6) is 0. The number of hydrogen-bond acceptors (Lipinski definition) is 0. The zero-order chi connectivity index (χ0) is 12.7. The van der Waals surface area contributed by atoms with Crippen molar-refractivity contribution in [2.45, 2.75) is 45.8 Å². The van der Waals surface area contributed by atoms with Gasteiger partial charge in [-0.3, -0.25) is 0 Å². The van der Waals surface area contributed by atoms with Gasteiger partial charge in [0.1, 0.15) is 0 Å². The van der Waals surface area contributed by atoms with E-state index in [4.69, 9.17) is 0 Å². The fourth-order valence-electron chi connectivity index (χ4n) is 1.55. The maximum atomic E-state index is 2.57. The van der Waals surface area contributed by atoms with Gasteiger partial charge in [-0.15, -0.1) is 0 Å². The molecule has 0 spiro atoms. The van der Waals surface area contributed by atoms with Crippen LogP contribution in [0.2, 0.25) is 19.6 Å². The Morgan fingerprint density at radius 1 is 1.18 bits per heavy atom. The third-order valence-electron chi connectivity index (χ3n) is 2.60. The standard InChI is InChI=1S/C15H24SiTe/c1-5-6-8-13-15(16(2,3)4)17-14-11-9-7-10-12-14/h7,9-13H,5-6,8H2,1-4H3/b15-13+. The third kappa shape index (κ3) is 5.90. The zero-order valence-electron chi connectivity index (χ0n) is 11.5. The molecule has 0 aliphatic carbocycles. The molecule has 0 amide bonds. The van der Waals surface area contributed by atoms with Gasteiger partial charge in [0.05, 0.1) is 0 Å². The summed E-state index contributed by atoms with van der Waals surface area (Å²) in [5.41, 5.74) is 0. The number of allylic oxidation sites excluding steroid dienone is 1. The minimum atomic E-state index is -1.10. The fraction of sp³-hybridized carbons (Fsp3) is 0.467. The predicted octanol–water partition coefficient (Wildman–Crippen LogP) is 3.97. The Hall–Kier alpha value is -0.0335. The number of unbranched alkanes of at least 4 members (excludes halogenated alkanes) is 2. The minimum absolute atomic E-state index is 0.120. The molecule has 0 aromatic heterocycles. The molecule has 0 atom stereocenters. The van der Waals surface area contributed by atoms with Gasteiger partial charge in [-0.25, -0.2) is 0 Å². The molecule has 0 saturated carbocycles. The van der Waals surface area contributed by atoms with E-state index in [9.17, 15) is 0 Å². The molecule has 0 bridgehead atoms. The SMILES string of the molecule is CCCC/C=C(/[Te]c1ccccc1)[Si](C)(C)C. The summed E-state index contributed by atoms with van der Waals surface area (Å²) < 4.78 is 3.42. The van der Waals surface area contributed by atoms with Crippen LogP contribution in [0.25, 0.3) is 0 Å². The fourth-order valence-corrected chi connectivity index (χ4v) is 8.16. The topological polar surface area (TPSA) is 0 Å². The molecule has 0 aliphatic heterocycles. The van der Waals surface area contributed by atoms with Crippen molar-refractivity contribution in [2.24, 2.45) is 0 Å². The van der Waals surface area contributed by atoms with Gasteiger partial charge in [0.2, 0.25) is 0 Å². The average molecular weight is 360 g/mol. The van der Waals surface area contributed by atoms with E-state index in [-0.39, 0.29) is 20.9 Å². The summed E-state index contributed by atoms with van der Waals surface area (Å²) in [4.78, 5) is 0. The zero-order valence-corrected chi connectivity index (χ0v) is 14.8. The molecule has 0 aliphatic rings. The number of hydrogen-bond donors (Lipinski definition) is 0. The molecule has 0 nitrogen and oxygen atoms in total. The van der Waals surface area contributed by atoms with E-state index in [1.807, 2.05) is 3.24 Å². The second-order valence-corrected chi connectivity index (χ2v) is 14.7. The van der Waals surface area contributed by atoms with Gasteiger partial charge in [-0.05, 0) is 0 Å². The van der Waals surface area contributed by atoms with Crippen molar-refractivity contribution >= 4 is 32.6 Å². The molecule has 0 heterocycles. The summed E-state index contributed by atoms with van der Waals surface area (Å²) in [6.07, 6.45) is 6.51. The van der Waals surface area contributed by atoms with Crippen LogP contribution in [0.1, 0.15) is 26.2 Å². The van der Waals surface area contributed by atoms with Gasteiger partial charge < -0.3 is 0 Å². The van der Waals surface area contributed by atoms with Crippen LogP contribution in [0.3, 0.4) is 0 Å². The van der Waals surface area contributed by atoms with Gasteiger partial charge in [0.15, 0.2) is 0 Å². The van der Waals surface area contributed by atoms with Crippen LogP contribution in [-0.2, 0) is 0 Å². The molecule has 0 fully saturated rings. The number of benzene rings is 1. The molecule has 0 N–H and O–H groups in total. The molecule has 2 heteroatoms. The first-order valence-corrected chi connectivity index (χ1v) is 12.3. The first-order chi connectivity index (χ1) is 8.04. The van der Waals surface area contributed by atoms with Gasteiger partial charge in [0, 0.05) is 0 Å². The Kier molecular flexibility index (Phi) is 6.55. The maximum absolute atomic E-state index is 2.57. The summed E-state index contributed by atoms with van der Waals surface area (Å²) in [7, 11) is -1.10. The van der Waals surface area contributed by atoms with Crippen molar-refractivity contribution in [2.75, 3.05) is 0 Å². The van der Waals surface area contributed by atoms with Crippen LogP contribution < -0.4 is 3.61 Å². The van der Waals surface area contributed by atoms with E-state index in [1.54, 1.807) is 3.61 Å². The first-order valence-electron chi connectivity index (χ1n) is 6.47. The molecule has 0 unspecified atom stereocenters. The van der Waals surface area contributed by atoms with Gasteiger partial charge >= 0.3 is 118 Å². The van der Waals surface area contributed by atoms with Crippen molar-refractivity contribution in [3.8, 4) is 0 Å². The van der Waals surface area contributed by atoms with Crippen LogP contribution in [0.15, 0.2) is 39.7 Å². The Bertz CT molecular complexity index is 349. The molecule has 1 rings (SSSR count). The quantitative estimate of drug-likeness (QED) is 0.532. The average Bonchev–Trinajstić information content (AvgIpc) is 2.28. The van der Waals surface area contributed by atoms with Crippen LogP contribution >= 0.6 is 0 Å². The van der Waals surface area contributed by atoms with Crippen molar-refractivity contribution in [3.63, 3.8) is 0 Å². The molecule has 17 heavy (non-hydrogen) atoms. The van der Waals surface area contributed by atoms with Crippen LogP contribution in [0.4, 0.5) is 0 Å². The first kappa shape index (κ1) is 15.0. The molecule has 1 aromatic rings. The second-order valence-electron chi connectivity index (χ2n) is 5.38. The monoisotopic (exact) mass is 362 g/mol. The van der Waals surface area contributed by atoms with Crippen LogP contribution in [0, 0.1) is 0 Å². The Labute approximate surface area is 118 Å². The van der Waals surface area contributed by atoms with Crippen LogP contribution in [-0.4, -0.2) is 29.0 Å².